The minimum Gasteiger partial charge on any atom is -0.275 e. The summed E-state index contributed by atoms with van der Waals surface area (Å²) in [5.74, 6) is 0. The molecule has 0 radical (unpaired) electrons. The van der Waals surface area contributed by atoms with Crippen molar-refractivity contribution in [2.75, 3.05) is 0 Å². The van der Waals surface area contributed by atoms with E-state index in [1.165, 1.54) is 5.56 Å². The number of aryl methyl sites for hydroxylation is 2. The average molecular weight is 215 g/mol. The van der Waals surface area contributed by atoms with Crippen molar-refractivity contribution in [1.82, 2.24) is 9.78 Å². The summed E-state index contributed by atoms with van der Waals surface area (Å²) < 4.78 is 1.83. The molecule has 0 aliphatic carbocycles. The van der Waals surface area contributed by atoms with E-state index in [1.807, 2.05) is 29.0 Å². The lowest BCUT2D eigenvalue weighted by atomic mass is 10.2. The molecule has 0 atom stereocenters. The van der Waals surface area contributed by atoms with Crippen molar-refractivity contribution >= 4 is 22.0 Å². The highest BCUT2D eigenvalue weighted by Gasteiger charge is 2.00. The maximum absolute atomic E-state index is 4.29. The van der Waals surface area contributed by atoms with Gasteiger partial charge in [-0.05, 0) is 17.5 Å². The van der Waals surface area contributed by atoms with Crippen LogP contribution >= 0.6 is 15.9 Å². The fourth-order valence-electron chi connectivity index (χ4n) is 1.03. The molecule has 0 N–H and O–H groups in total. The molecule has 0 saturated carbocycles. The van der Waals surface area contributed by atoms with Gasteiger partial charge in [-0.1, -0.05) is 22.9 Å². The topological polar surface area (TPSA) is 17.8 Å². The first-order chi connectivity index (χ1) is 5.27. The molecule has 60 valence electrons. The van der Waals surface area contributed by atoms with E-state index in [-0.39, 0.29) is 0 Å². The Morgan fingerprint density at radius 2 is 2.45 bits per heavy atom. The van der Waals surface area contributed by atoms with E-state index in [0.717, 1.165) is 12.1 Å². The van der Waals surface area contributed by atoms with E-state index in [0.29, 0.717) is 0 Å². The van der Waals surface area contributed by atoms with Gasteiger partial charge in [0.1, 0.15) is 0 Å². The molecule has 0 unspecified atom stereocenters. The molecule has 11 heavy (non-hydrogen) atoms. The van der Waals surface area contributed by atoms with Gasteiger partial charge in [0, 0.05) is 18.8 Å². The van der Waals surface area contributed by atoms with Gasteiger partial charge in [-0.25, -0.2) is 0 Å². The molecule has 0 fully saturated rings. The second-order valence-electron chi connectivity index (χ2n) is 2.35. The van der Waals surface area contributed by atoms with Crippen LogP contribution in [0.3, 0.4) is 0 Å². The van der Waals surface area contributed by atoms with Crippen LogP contribution in [0.2, 0.25) is 0 Å². The third-order valence-electron chi connectivity index (χ3n) is 1.52. The predicted octanol–water partition coefficient (Wildman–Crippen LogP) is 2.35. The molecule has 1 heterocycles. The highest BCUT2D eigenvalue weighted by atomic mass is 79.9. The number of hydrogen-bond acceptors (Lipinski definition) is 1. The first-order valence-electron chi connectivity index (χ1n) is 3.57. The van der Waals surface area contributed by atoms with Crippen molar-refractivity contribution < 1.29 is 0 Å². The second-order valence-corrected chi connectivity index (χ2v) is 2.88. The molecule has 0 spiro atoms. The molecule has 1 aromatic heterocycles. The summed E-state index contributed by atoms with van der Waals surface area (Å²) in [7, 11) is 1.94. The SMILES string of the molecule is CCc1nn(C)cc1/C=C/Br. The lowest BCUT2D eigenvalue weighted by Crippen LogP contribution is -1.88. The van der Waals surface area contributed by atoms with Gasteiger partial charge in [0.05, 0.1) is 5.69 Å². The Balaban J connectivity index is 3.01. The van der Waals surface area contributed by atoms with Crippen molar-refractivity contribution in [2.45, 2.75) is 13.3 Å². The molecule has 1 rings (SSSR count). The second kappa shape index (κ2) is 3.72. The lowest BCUT2D eigenvalue weighted by Gasteiger charge is -1.88. The van der Waals surface area contributed by atoms with Gasteiger partial charge in [0.2, 0.25) is 0 Å². The summed E-state index contributed by atoms with van der Waals surface area (Å²) in [5.41, 5.74) is 2.33. The minimum absolute atomic E-state index is 0.980. The first kappa shape index (κ1) is 8.53. The van der Waals surface area contributed by atoms with Crippen molar-refractivity contribution in [3.63, 3.8) is 0 Å². The fraction of sp³-hybridized carbons (Fsp3) is 0.375. The van der Waals surface area contributed by atoms with Gasteiger partial charge in [0.15, 0.2) is 0 Å². The standard InChI is InChI=1S/C8H11BrN2/c1-3-8-7(4-5-9)6-11(2)10-8/h4-6H,3H2,1-2H3/b5-4+. The van der Waals surface area contributed by atoms with E-state index in [1.54, 1.807) is 0 Å². The van der Waals surface area contributed by atoms with E-state index in [9.17, 15) is 0 Å². The Labute approximate surface area is 75.0 Å². The normalized spacial score (nSPS) is 11.2. The Hall–Kier alpha value is -0.570. The zero-order chi connectivity index (χ0) is 8.27. The van der Waals surface area contributed by atoms with Crippen molar-refractivity contribution in [3.8, 4) is 0 Å². The number of rotatable bonds is 2. The van der Waals surface area contributed by atoms with Gasteiger partial charge < -0.3 is 0 Å². The predicted molar refractivity (Wildman–Crippen MR) is 50.5 cm³/mol. The zero-order valence-corrected chi connectivity index (χ0v) is 8.30. The molecule has 0 aliphatic heterocycles. The van der Waals surface area contributed by atoms with Crippen LogP contribution in [-0.4, -0.2) is 9.78 Å². The summed E-state index contributed by atoms with van der Waals surface area (Å²) in [6.45, 7) is 2.11. The largest absolute Gasteiger partial charge is 0.275 e. The Bertz CT molecular complexity index is 263. The van der Waals surface area contributed by atoms with Gasteiger partial charge in [-0.2, -0.15) is 5.10 Å². The third kappa shape index (κ3) is 1.93. The van der Waals surface area contributed by atoms with E-state index in [2.05, 4.69) is 28.0 Å². The Morgan fingerprint density at radius 1 is 1.73 bits per heavy atom. The molecule has 1 aromatic rings. The molecular weight excluding hydrogens is 204 g/mol. The maximum Gasteiger partial charge on any atom is 0.0694 e. The number of hydrogen-bond donors (Lipinski definition) is 0. The molecule has 2 nitrogen and oxygen atoms in total. The van der Waals surface area contributed by atoms with Crippen LogP contribution in [0.25, 0.3) is 6.08 Å². The molecule has 3 heteroatoms. The molecular formula is C8H11BrN2. The van der Waals surface area contributed by atoms with Crippen molar-refractivity contribution in [1.29, 1.82) is 0 Å². The molecule has 0 bridgehead atoms. The average Bonchev–Trinajstić information content (AvgIpc) is 2.32. The van der Waals surface area contributed by atoms with Crippen LogP contribution < -0.4 is 0 Å². The molecule has 0 aliphatic rings. The van der Waals surface area contributed by atoms with Crippen LogP contribution in [0.15, 0.2) is 11.2 Å². The number of halogens is 1. The molecule has 0 amide bonds. The lowest BCUT2D eigenvalue weighted by molar-refractivity contribution is 0.746. The minimum atomic E-state index is 0.980. The fourth-order valence-corrected chi connectivity index (χ4v) is 1.32. The van der Waals surface area contributed by atoms with Gasteiger partial charge in [-0.3, -0.25) is 4.68 Å². The van der Waals surface area contributed by atoms with Crippen molar-refractivity contribution in [2.24, 2.45) is 7.05 Å². The van der Waals surface area contributed by atoms with E-state index >= 15 is 0 Å². The summed E-state index contributed by atoms with van der Waals surface area (Å²) in [5, 5.41) is 4.29. The van der Waals surface area contributed by atoms with Crippen LogP contribution in [0.1, 0.15) is 18.2 Å². The van der Waals surface area contributed by atoms with Crippen LogP contribution in [-0.2, 0) is 13.5 Å². The zero-order valence-electron chi connectivity index (χ0n) is 6.71. The maximum atomic E-state index is 4.29. The summed E-state index contributed by atoms with van der Waals surface area (Å²) in [6.07, 6.45) is 5.00. The smallest absolute Gasteiger partial charge is 0.0694 e. The number of aromatic nitrogens is 2. The van der Waals surface area contributed by atoms with Crippen LogP contribution in [0.5, 0.6) is 0 Å². The Kier molecular flexibility index (Phi) is 2.88. The highest BCUT2D eigenvalue weighted by Crippen LogP contribution is 2.09. The number of nitrogens with zero attached hydrogens (tertiary/aromatic N) is 2. The van der Waals surface area contributed by atoms with Gasteiger partial charge in [-0.15, -0.1) is 0 Å². The Morgan fingerprint density at radius 3 is 3.00 bits per heavy atom. The third-order valence-corrected chi connectivity index (χ3v) is 1.78. The highest BCUT2D eigenvalue weighted by molar-refractivity contribution is 9.11. The monoisotopic (exact) mass is 214 g/mol. The summed E-state index contributed by atoms with van der Waals surface area (Å²) in [6, 6.07) is 0. The van der Waals surface area contributed by atoms with E-state index in [4.69, 9.17) is 0 Å². The van der Waals surface area contributed by atoms with Crippen molar-refractivity contribution in [3.05, 3.63) is 22.4 Å². The quantitative estimate of drug-likeness (QED) is 0.740. The van der Waals surface area contributed by atoms with Crippen LogP contribution in [0.4, 0.5) is 0 Å². The summed E-state index contributed by atoms with van der Waals surface area (Å²) >= 11 is 3.24. The van der Waals surface area contributed by atoms with Crippen LogP contribution in [0, 0.1) is 0 Å². The molecule has 0 aromatic carbocycles. The summed E-state index contributed by atoms with van der Waals surface area (Å²) in [4.78, 5) is 1.85. The van der Waals surface area contributed by atoms with Gasteiger partial charge in [0.25, 0.3) is 0 Å². The first-order valence-corrected chi connectivity index (χ1v) is 4.48. The van der Waals surface area contributed by atoms with Gasteiger partial charge >= 0.3 is 0 Å². The molecule has 0 saturated heterocycles. The van der Waals surface area contributed by atoms with E-state index < -0.39 is 0 Å².